The van der Waals surface area contributed by atoms with Gasteiger partial charge in [0.15, 0.2) is 0 Å². The molecule has 4 nitrogen and oxygen atoms in total. The van der Waals surface area contributed by atoms with Gasteiger partial charge in [-0.2, -0.15) is 0 Å². The highest BCUT2D eigenvalue weighted by atomic mass is 16.1. The van der Waals surface area contributed by atoms with Gasteiger partial charge in [-0.25, -0.2) is 4.68 Å². The summed E-state index contributed by atoms with van der Waals surface area (Å²) in [6.45, 7) is 10.1. The molecule has 2 N–H and O–H groups in total. The number of nitrogen functional groups attached to an aromatic ring is 1. The molecule has 1 heterocycles. The van der Waals surface area contributed by atoms with E-state index in [1.54, 1.807) is 4.68 Å². The van der Waals surface area contributed by atoms with E-state index >= 15 is 0 Å². The van der Waals surface area contributed by atoms with Crippen LogP contribution < -0.4 is 11.3 Å². The van der Waals surface area contributed by atoms with Gasteiger partial charge in [0.05, 0.1) is 5.69 Å². The minimum absolute atomic E-state index is 0.0176. The van der Waals surface area contributed by atoms with Crippen molar-refractivity contribution in [2.75, 3.05) is 5.73 Å². The van der Waals surface area contributed by atoms with Crippen molar-refractivity contribution in [2.45, 2.75) is 60.0 Å². The fourth-order valence-corrected chi connectivity index (χ4v) is 2.12. The second-order valence-corrected chi connectivity index (χ2v) is 4.94. The van der Waals surface area contributed by atoms with Gasteiger partial charge in [0, 0.05) is 13.1 Å². The van der Waals surface area contributed by atoms with Crippen LogP contribution in [0.4, 0.5) is 5.69 Å². The third-order valence-corrected chi connectivity index (χ3v) is 3.08. The van der Waals surface area contributed by atoms with Crippen LogP contribution in [-0.4, -0.2) is 9.36 Å². The van der Waals surface area contributed by atoms with E-state index in [9.17, 15) is 4.79 Å². The van der Waals surface area contributed by atoms with Crippen molar-refractivity contribution in [3.05, 3.63) is 16.0 Å². The van der Waals surface area contributed by atoms with E-state index in [0.717, 1.165) is 38.0 Å². The number of anilines is 1. The van der Waals surface area contributed by atoms with E-state index in [1.807, 2.05) is 4.68 Å². The smallest absolute Gasteiger partial charge is 0.290 e. The Morgan fingerprint density at radius 3 is 2.35 bits per heavy atom. The Kier molecular flexibility index (Phi) is 4.85. The van der Waals surface area contributed by atoms with Crippen LogP contribution in [0.15, 0.2) is 4.79 Å². The summed E-state index contributed by atoms with van der Waals surface area (Å²) in [5.74, 6) is 0.595. The third-order valence-electron chi connectivity index (χ3n) is 3.08. The predicted molar refractivity (Wildman–Crippen MR) is 72.2 cm³/mol. The third kappa shape index (κ3) is 2.93. The lowest BCUT2D eigenvalue weighted by Crippen LogP contribution is -2.24. The molecule has 1 aromatic heterocycles. The molecule has 0 aliphatic heterocycles. The highest BCUT2D eigenvalue weighted by molar-refractivity contribution is 5.41. The van der Waals surface area contributed by atoms with Gasteiger partial charge >= 0.3 is 0 Å². The summed E-state index contributed by atoms with van der Waals surface area (Å²) in [4.78, 5) is 12.1. The first-order chi connectivity index (χ1) is 8.02. The molecule has 0 saturated heterocycles. The first-order valence-corrected chi connectivity index (χ1v) is 6.60. The van der Waals surface area contributed by atoms with Crippen LogP contribution in [0.3, 0.4) is 0 Å². The summed E-state index contributed by atoms with van der Waals surface area (Å²) in [6, 6.07) is 0. The molecule has 0 spiro atoms. The van der Waals surface area contributed by atoms with Crippen molar-refractivity contribution in [1.29, 1.82) is 0 Å². The zero-order valence-corrected chi connectivity index (χ0v) is 11.5. The van der Waals surface area contributed by atoms with Crippen molar-refractivity contribution >= 4 is 5.69 Å². The molecule has 0 aliphatic rings. The zero-order valence-electron chi connectivity index (χ0n) is 11.5. The predicted octanol–water partition coefficient (Wildman–Crippen LogP) is 2.25. The number of hydrogen-bond donors (Lipinski definition) is 1. The van der Waals surface area contributed by atoms with E-state index in [-0.39, 0.29) is 5.56 Å². The fraction of sp³-hybridized carbons (Fsp3) is 0.769. The molecule has 0 radical (unpaired) electrons. The molecular weight excluding hydrogens is 214 g/mol. The van der Waals surface area contributed by atoms with Crippen molar-refractivity contribution in [3.63, 3.8) is 0 Å². The van der Waals surface area contributed by atoms with Gasteiger partial charge in [0.2, 0.25) is 0 Å². The Morgan fingerprint density at radius 2 is 1.88 bits per heavy atom. The summed E-state index contributed by atoms with van der Waals surface area (Å²) in [7, 11) is 0. The highest BCUT2D eigenvalue weighted by Gasteiger charge is 2.15. The van der Waals surface area contributed by atoms with Crippen LogP contribution in [0.2, 0.25) is 0 Å². The van der Waals surface area contributed by atoms with Crippen LogP contribution in [0, 0.1) is 5.92 Å². The Morgan fingerprint density at radius 1 is 1.24 bits per heavy atom. The minimum atomic E-state index is -0.0176. The summed E-state index contributed by atoms with van der Waals surface area (Å²) in [5.41, 5.74) is 7.35. The SMILES string of the molecule is CCCc1c(N)c(=O)n(CCC(C)C)n1CC. The van der Waals surface area contributed by atoms with Crippen LogP contribution >= 0.6 is 0 Å². The van der Waals surface area contributed by atoms with E-state index in [4.69, 9.17) is 5.73 Å². The lowest BCUT2D eigenvalue weighted by Gasteiger charge is -2.13. The molecule has 0 aromatic carbocycles. The summed E-state index contributed by atoms with van der Waals surface area (Å²) in [6.07, 6.45) is 2.90. The zero-order chi connectivity index (χ0) is 13.0. The lowest BCUT2D eigenvalue weighted by molar-refractivity contribution is 0.401. The van der Waals surface area contributed by atoms with Crippen molar-refractivity contribution in [1.82, 2.24) is 9.36 Å². The molecular formula is C13H25N3O. The van der Waals surface area contributed by atoms with E-state index < -0.39 is 0 Å². The molecule has 0 aliphatic carbocycles. The normalized spacial score (nSPS) is 11.4. The molecule has 1 rings (SSSR count). The fourth-order valence-electron chi connectivity index (χ4n) is 2.12. The van der Waals surface area contributed by atoms with Crippen molar-refractivity contribution in [3.8, 4) is 0 Å². The van der Waals surface area contributed by atoms with Crippen LogP contribution in [0.5, 0.6) is 0 Å². The quantitative estimate of drug-likeness (QED) is 0.827. The number of aromatic nitrogens is 2. The van der Waals surface area contributed by atoms with E-state index in [0.29, 0.717) is 11.6 Å². The molecule has 1 aromatic rings. The van der Waals surface area contributed by atoms with E-state index in [1.165, 1.54) is 0 Å². The Balaban J connectivity index is 3.10. The van der Waals surface area contributed by atoms with Gasteiger partial charge < -0.3 is 5.73 Å². The standard InChI is InChI=1S/C13H25N3O/c1-5-7-11-12(14)13(17)16(15(11)6-2)9-8-10(3)4/h10H,5-9,14H2,1-4H3. The van der Waals surface area contributed by atoms with Gasteiger partial charge in [0.1, 0.15) is 5.69 Å². The number of hydrogen-bond acceptors (Lipinski definition) is 2. The molecule has 0 atom stereocenters. The van der Waals surface area contributed by atoms with Gasteiger partial charge in [-0.05, 0) is 25.7 Å². The summed E-state index contributed by atoms with van der Waals surface area (Å²) < 4.78 is 3.85. The first-order valence-electron chi connectivity index (χ1n) is 6.60. The second-order valence-electron chi connectivity index (χ2n) is 4.94. The van der Waals surface area contributed by atoms with Gasteiger partial charge in [-0.1, -0.05) is 27.2 Å². The largest absolute Gasteiger partial charge is 0.393 e. The maximum atomic E-state index is 12.1. The first kappa shape index (κ1) is 13.9. The van der Waals surface area contributed by atoms with Gasteiger partial charge in [-0.3, -0.25) is 9.48 Å². The van der Waals surface area contributed by atoms with Crippen molar-refractivity contribution in [2.24, 2.45) is 5.92 Å². The molecule has 0 fully saturated rings. The number of nitrogens with zero attached hydrogens (tertiary/aromatic N) is 2. The van der Waals surface area contributed by atoms with Crippen molar-refractivity contribution < 1.29 is 0 Å². The topological polar surface area (TPSA) is 53.0 Å². The van der Waals surface area contributed by atoms with Crippen LogP contribution in [-0.2, 0) is 19.5 Å². The Labute approximate surface area is 103 Å². The monoisotopic (exact) mass is 239 g/mol. The molecule has 17 heavy (non-hydrogen) atoms. The minimum Gasteiger partial charge on any atom is -0.393 e. The average Bonchev–Trinajstić information content (AvgIpc) is 2.51. The molecule has 0 amide bonds. The molecule has 4 heteroatoms. The van der Waals surface area contributed by atoms with Gasteiger partial charge in [-0.15, -0.1) is 0 Å². The van der Waals surface area contributed by atoms with Crippen LogP contribution in [0.25, 0.3) is 0 Å². The Bertz CT molecular complexity index is 415. The number of nitrogens with two attached hydrogens (primary N) is 1. The van der Waals surface area contributed by atoms with Gasteiger partial charge in [0.25, 0.3) is 5.56 Å². The molecule has 0 saturated carbocycles. The Hall–Kier alpha value is -1.19. The average molecular weight is 239 g/mol. The molecule has 0 bridgehead atoms. The van der Waals surface area contributed by atoms with E-state index in [2.05, 4.69) is 27.7 Å². The summed E-state index contributed by atoms with van der Waals surface area (Å²) in [5, 5.41) is 0. The maximum absolute atomic E-state index is 12.1. The lowest BCUT2D eigenvalue weighted by atomic mass is 10.1. The molecule has 98 valence electrons. The highest BCUT2D eigenvalue weighted by Crippen LogP contribution is 2.12. The van der Waals surface area contributed by atoms with Crippen LogP contribution in [0.1, 0.15) is 46.2 Å². The molecule has 0 unspecified atom stereocenters. The number of rotatable bonds is 6. The maximum Gasteiger partial charge on any atom is 0.290 e. The summed E-state index contributed by atoms with van der Waals surface area (Å²) >= 11 is 0. The second kappa shape index (κ2) is 5.94.